The molecule has 0 radical (unpaired) electrons. The Kier molecular flexibility index (Phi) is 5.54. The van der Waals surface area contributed by atoms with E-state index in [9.17, 15) is 9.18 Å². The number of halogens is 2. The van der Waals surface area contributed by atoms with E-state index in [4.69, 9.17) is 16.3 Å². The molecular weight excluding hydrogens is 361 g/mol. The number of carbonyl (C=O) groups excluding carboxylic acids is 1. The van der Waals surface area contributed by atoms with Crippen molar-refractivity contribution in [2.24, 2.45) is 0 Å². The number of benzene rings is 2. The van der Waals surface area contributed by atoms with Crippen LogP contribution in [0.4, 0.5) is 4.39 Å². The molecule has 0 aliphatic carbocycles. The summed E-state index contributed by atoms with van der Waals surface area (Å²) in [7, 11) is 0. The lowest BCUT2D eigenvalue weighted by atomic mass is 10.0. The minimum Gasteiger partial charge on any atom is -0.479 e. The Morgan fingerprint density at radius 3 is 3.00 bits per heavy atom. The first-order valence-corrected chi connectivity index (χ1v) is 9.46. The molecule has 2 unspecified atom stereocenters. The van der Waals surface area contributed by atoms with Gasteiger partial charge in [0.25, 0.3) is 5.91 Å². The van der Waals surface area contributed by atoms with Crippen molar-refractivity contribution in [2.45, 2.75) is 37.3 Å². The average Bonchev–Trinajstić information content (AvgIpc) is 2.59. The number of carbonyl (C=O) groups is 1. The third-order valence-electron chi connectivity index (χ3n) is 4.10. The van der Waals surface area contributed by atoms with Crippen LogP contribution in [-0.2, 0) is 4.79 Å². The summed E-state index contributed by atoms with van der Waals surface area (Å²) in [6.45, 7) is 3.61. The summed E-state index contributed by atoms with van der Waals surface area (Å²) in [5.74, 6) is 0.759. The molecule has 1 heterocycles. The molecule has 0 spiro atoms. The van der Waals surface area contributed by atoms with E-state index in [0.717, 1.165) is 23.3 Å². The highest BCUT2D eigenvalue weighted by Crippen LogP contribution is 2.37. The number of rotatable bonds is 4. The van der Waals surface area contributed by atoms with Crippen molar-refractivity contribution in [1.82, 2.24) is 5.32 Å². The molecule has 25 heavy (non-hydrogen) atoms. The van der Waals surface area contributed by atoms with E-state index in [2.05, 4.69) is 5.32 Å². The number of hydrogen-bond donors (Lipinski definition) is 1. The lowest BCUT2D eigenvalue weighted by Gasteiger charge is -2.27. The smallest absolute Gasteiger partial charge is 0.261 e. The van der Waals surface area contributed by atoms with Gasteiger partial charge in [0, 0.05) is 10.6 Å². The van der Waals surface area contributed by atoms with Crippen LogP contribution < -0.4 is 10.1 Å². The van der Waals surface area contributed by atoms with Gasteiger partial charge in [0.1, 0.15) is 11.6 Å². The predicted octanol–water partition coefficient (Wildman–Crippen LogP) is 4.91. The van der Waals surface area contributed by atoms with Crippen molar-refractivity contribution in [2.75, 3.05) is 5.75 Å². The largest absolute Gasteiger partial charge is 0.479 e. The lowest BCUT2D eigenvalue weighted by Crippen LogP contribution is -2.39. The van der Waals surface area contributed by atoms with Crippen molar-refractivity contribution in [3.8, 4) is 5.75 Å². The van der Waals surface area contributed by atoms with E-state index in [-0.39, 0.29) is 17.8 Å². The van der Waals surface area contributed by atoms with Gasteiger partial charge in [0.05, 0.1) is 11.1 Å². The van der Waals surface area contributed by atoms with Crippen LogP contribution in [0.3, 0.4) is 0 Å². The van der Waals surface area contributed by atoms with Gasteiger partial charge in [-0.3, -0.25) is 4.79 Å². The van der Waals surface area contributed by atoms with E-state index in [1.165, 1.54) is 17.8 Å². The van der Waals surface area contributed by atoms with Gasteiger partial charge in [-0.05, 0) is 49.6 Å². The quantitative estimate of drug-likeness (QED) is 0.820. The van der Waals surface area contributed by atoms with Gasteiger partial charge in [-0.25, -0.2) is 4.39 Å². The third kappa shape index (κ3) is 4.10. The standard InChI is InChI=1S/C19H19ClFNO2S/c1-11-6-7-14(20)17(10-11)24-12(2)19(23)22-16-8-9-25-18-13(16)4-3-5-15(18)21/h3-7,10,12,16H,8-9H2,1-2H3,(H,22,23). The van der Waals surface area contributed by atoms with Crippen LogP contribution in [0, 0.1) is 12.7 Å². The van der Waals surface area contributed by atoms with Gasteiger partial charge in [0.15, 0.2) is 6.10 Å². The van der Waals surface area contributed by atoms with Crippen molar-refractivity contribution >= 4 is 29.3 Å². The molecule has 0 aromatic heterocycles. The highest BCUT2D eigenvalue weighted by atomic mass is 35.5. The lowest BCUT2D eigenvalue weighted by molar-refractivity contribution is -0.128. The zero-order valence-corrected chi connectivity index (χ0v) is 15.6. The molecule has 0 bridgehead atoms. The fraction of sp³-hybridized carbons (Fsp3) is 0.316. The first-order chi connectivity index (χ1) is 12.0. The first kappa shape index (κ1) is 18.1. The molecular formula is C19H19ClFNO2S. The number of thioether (sulfide) groups is 1. The molecule has 3 rings (SSSR count). The van der Waals surface area contributed by atoms with Gasteiger partial charge >= 0.3 is 0 Å². The molecule has 2 aromatic carbocycles. The van der Waals surface area contributed by atoms with E-state index in [0.29, 0.717) is 15.7 Å². The van der Waals surface area contributed by atoms with Crippen LogP contribution in [0.5, 0.6) is 5.75 Å². The molecule has 0 fully saturated rings. The molecule has 132 valence electrons. The Morgan fingerprint density at radius 1 is 1.40 bits per heavy atom. The maximum Gasteiger partial charge on any atom is 0.261 e. The second-order valence-corrected chi connectivity index (χ2v) is 7.56. The molecule has 0 saturated heterocycles. The summed E-state index contributed by atoms with van der Waals surface area (Å²) in [4.78, 5) is 13.1. The van der Waals surface area contributed by atoms with Crippen LogP contribution in [0.15, 0.2) is 41.3 Å². The van der Waals surface area contributed by atoms with E-state index in [1.807, 2.05) is 19.1 Å². The van der Waals surface area contributed by atoms with Crippen LogP contribution in [0.2, 0.25) is 5.02 Å². The molecule has 6 heteroatoms. The predicted molar refractivity (Wildman–Crippen MR) is 98.9 cm³/mol. The third-order valence-corrected chi connectivity index (χ3v) is 5.57. The molecule has 1 N–H and O–H groups in total. The van der Waals surface area contributed by atoms with Gasteiger partial charge < -0.3 is 10.1 Å². The summed E-state index contributed by atoms with van der Waals surface area (Å²) < 4.78 is 19.7. The summed E-state index contributed by atoms with van der Waals surface area (Å²) in [5, 5.41) is 3.43. The number of fused-ring (bicyclic) bond motifs is 1. The van der Waals surface area contributed by atoms with E-state index >= 15 is 0 Å². The topological polar surface area (TPSA) is 38.3 Å². The zero-order valence-electron chi connectivity index (χ0n) is 14.0. The number of aryl methyl sites for hydroxylation is 1. The molecule has 1 aliphatic rings. The monoisotopic (exact) mass is 379 g/mol. The van der Waals surface area contributed by atoms with Gasteiger partial charge in [0.2, 0.25) is 0 Å². The van der Waals surface area contributed by atoms with Crippen molar-refractivity contribution in [3.05, 3.63) is 58.4 Å². The number of amides is 1. The maximum absolute atomic E-state index is 13.9. The Labute approximate surface area is 155 Å². The summed E-state index contributed by atoms with van der Waals surface area (Å²) in [6.07, 6.45) is 0.0519. The highest BCUT2D eigenvalue weighted by Gasteiger charge is 2.26. The van der Waals surface area contributed by atoms with Gasteiger partial charge in [-0.2, -0.15) is 0 Å². The Bertz CT molecular complexity index is 799. The summed E-state index contributed by atoms with van der Waals surface area (Å²) in [6, 6.07) is 10.2. The molecule has 1 aliphatic heterocycles. The molecule has 3 nitrogen and oxygen atoms in total. The second kappa shape index (κ2) is 7.67. The molecule has 2 atom stereocenters. The van der Waals surface area contributed by atoms with Crippen molar-refractivity contribution < 1.29 is 13.9 Å². The molecule has 1 amide bonds. The molecule has 2 aromatic rings. The highest BCUT2D eigenvalue weighted by molar-refractivity contribution is 7.99. The van der Waals surface area contributed by atoms with E-state index < -0.39 is 6.10 Å². The van der Waals surface area contributed by atoms with Crippen LogP contribution in [-0.4, -0.2) is 17.8 Å². The average molecular weight is 380 g/mol. The van der Waals surface area contributed by atoms with Crippen LogP contribution in [0.1, 0.15) is 30.5 Å². The van der Waals surface area contributed by atoms with Crippen molar-refractivity contribution in [1.29, 1.82) is 0 Å². The number of hydrogen-bond acceptors (Lipinski definition) is 3. The van der Waals surface area contributed by atoms with Gasteiger partial charge in [-0.1, -0.05) is 29.8 Å². The van der Waals surface area contributed by atoms with Gasteiger partial charge in [-0.15, -0.1) is 11.8 Å². The first-order valence-electron chi connectivity index (χ1n) is 8.10. The summed E-state index contributed by atoms with van der Waals surface area (Å²) >= 11 is 7.61. The normalized spacial score (nSPS) is 17.5. The molecule has 0 saturated carbocycles. The van der Waals surface area contributed by atoms with Crippen molar-refractivity contribution in [3.63, 3.8) is 0 Å². The van der Waals surface area contributed by atoms with Crippen LogP contribution in [0.25, 0.3) is 0 Å². The Hall–Kier alpha value is -1.72. The summed E-state index contributed by atoms with van der Waals surface area (Å²) in [5.41, 5.74) is 1.83. The zero-order chi connectivity index (χ0) is 18.0. The Balaban J connectivity index is 1.71. The van der Waals surface area contributed by atoms with Crippen LogP contribution >= 0.6 is 23.4 Å². The minimum atomic E-state index is -0.703. The fourth-order valence-electron chi connectivity index (χ4n) is 2.77. The second-order valence-electron chi connectivity index (χ2n) is 6.05. The van der Waals surface area contributed by atoms with E-state index in [1.54, 1.807) is 25.1 Å². The maximum atomic E-state index is 13.9. The fourth-order valence-corrected chi connectivity index (χ4v) is 4.07. The Morgan fingerprint density at radius 2 is 2.20 bits per heavy atom. The number of nitrogens with one attached hydrogen (secondary N) is 1. The SMILES string of the molecule is Cc1ccc(Cl)c(OC(C)C(=O)NC2CCSc3c(F)cccc32)c1. The minimum absolute atomic E-state index is 0.210. The number of ether oxygens (including phenoxy) is 1.